The van der Waals surface area contributed by atoms with Crippen molar-refractivity contribution in [2.24, 2.45) is 0 Å². The summed E-state index contributed by atoms with van der Waals surface area (Å²) < 4.78 is 55.2. The van der Waals surface area contributed by atoms with Crippen LogP contribution in [0.1, 0.15) is 13.2 Å². The van der Waals surface area contributed by atoms with Gasteiger partial charge in [-0.2, -0.15) is 8.62 Å². The Balaban J connectivity index is 1.58. The molecule has 0 saturated carbocycles. The van der Waals surface area contributed by atoms with Gasteiger partial charge in [-0.3, -0.25) is 13.9 Å². The Morgan fingerprint density at radius 1 is 1.11 bits per heavy atom. The van der Waals surface area contributed by atoms with Crippen LogP contribution in [0.4, 0.5) is 5.82 Å². The second-order valence-corrected chi connectivity index (χ2v) is 12.2. The minimum absolute atomic E-state index is 0.0426. The van der Waals surface area contributed by atoms with Crippen molar-refractivity contribution in [1.29, 1.82) is 0 Å². The number of rotatable bonds is 12. The van der Waals surface area contributed by atoms with Crippen molar-refractivity contribution < 1.29 is 61.3 Å². The van der Waals surface area contributed by atoms with Crippen LogP contribution in [0.25, 0.3) is 11.2 Å². The van der Waals surface area contributed by atoms with E-state index in [9.17, 15) is 43.4 Å². The van der Waals surface area contributed by atoms with Gasteiger partial charge in [-0.05, 0) is 0 Å². The first kappa shape index (κ1) is 29.7. The number of nitrogens with two attached hydrogens (primary N) is 1. The average Bonchev–Trinajstić information content (AvgIpc) is 3.30. The van der Waals surface area contributed by atoms with Gasteiger partial charge >= 0.3 is 23.4 Å². The number of nitrogens with one attached hydrogen (secondary N) is 2. The molecule has 37 heavy (non-hydrogen) atoms. The van der Waals surface area contributed by atoms with Gasteiger partial charge < -0.3 is 40.7 Å². The number of phosphoric acid groups is 2. The van der Waals surface area contributed by atoms with E-state index >= 15 is 0 Å². The zero-order valence-electron chi connectivity index (χ0n) is 18.8. The molecule has 2 aromatic heterocycles. The summed E-state index contributed by atoms with van der Waals surface area (Å²) >= 11 is 0. The number of anilines is 1. The highest BCUT2D eigenvalue weighted by Crippen LogP contribution is 2.66. The summed E-state index contributed by atoms with van der Waals surface area (Å²) in [5.41, 5.74) is 6.04. The SMILES string of the molecule is CC(=O)NCCNP(=O)(O)OP(=O)(O)OP(=O)(O)OC[C@H]1O[C@@H](n2cnc3c(N)ncnc32)[C@H](O)[C@@H]1O. The maximum atomic E-state index is 12.1. The van der Waals surface area contributed by atoms with E-state index < -0.39 is 60.4 Å². The second kappa shape index (κ2) is 11.5. The van der Waals surface area contributed by atoms with E-state index in [0.717, 1.165) is 6.33 Å². The van der Waals surface area contributed by atoms with Gasteiger partial charge in [0.25, 0.3) is 0 Å². The van der Waals surface area contributed by atoms with Gasteiger partial charge in [-0.25, -0.2) is 33.7 Å². The van der Waals surface area contributed by atoms with Crippen molar-refractivity contribution in [3.05, 3.63) is 12.7 Å². The quantitative estimate of drug-likeness (QED) is 0.0987. The van der Waals surface area contributed by atoms with E-state index in [4.69, 9.17) is 10.5 Å². The molecule has 3 heterocycles. The number of nitrogens with zero attached hydrogens (tertiary/aromatic N) is 4. The molecule has 0 aromatic carbocycles. The Bertz CT molecular complexity index is 1280. The summed E-state index contributed by atoms with van der Waals surface area (Å²) in [6, 6.07) is 0. The lowest BCUT2D eigenvalue weighted by Gasteiger charge is -2.20. The normalized spacial score (nSPS) is 26.9. The van der Waals surface area contributed by atoms with E-state index in [1.807, 2.05) is 5.09 Å². The highest BCUT2D eigenvalue weighted by molar-refractivity contribution is 7.67. The standard InChI is InChI=1S/C14H24N7O13P3/c1-7(22)16-2-3-20-35(25,26)33-37(29,30)34-36(27,28)31-4-8-10(23)11(24)14(32-8)21-6-19-9-12(15)17-5-18-13(9)21/h5-6,8,10-11,14,23-24H,2-4H2,1H3,(H,16,22)(H,27,28)(H,29,30)(H2,15,17,18)(H2,20,25,26)/t8-,10-,11-,14-/m1/s1. The van der Waals surface area contributed by atoms with E-state index in [-0.39, 0.29) is 30.1 Å². The monoisotopic (exact) mass is 591 g/mol. The number of nitrogen functional groups attached to an aromatic ring is 1. The zero-order valence-corrected chi connectivity index (χ0v) is 21.5. The smallest absolute Gasteiger partial charge is 0.387 e. The van der Waals surface area contributed by atoms with Gasteiger partial charge in [-0.1, -0.05) is 0 Å². The fourth-order valence-corrected chi connectivity index (χ4v) is 6.79. The van der Waals surface area contributed by atoms with Crippen LogP contribution >= 0.6 is 23.4 Å². The zero-order chi connectivity index (χ0) is 27.6. The first-order valence-electron chi connectivity index (χ1n) is 10.1. The molecule has 20 nitrogen and oxygen atoms in total. The molecule has 7 atom stereocenters. The largest absolute Gasteiger partial charge is 0.489 e. The van der Waals surface area contributed by atoms with E-state index in [1.165, 1.54) is 17.8 Å². The molecule has 1 aliphatic heterocycles. The Labute approximate surface area is 207 Å². The highest BCUT2D eigenvalue weighted by atomic mass is 31.3. The molecule has 0 bridgehead atoms. The number of hydrogen-bond donors (Lipinski definition) is 8. The third-order valence-electron chi connectivity index (χ3n) is 4.63. The van der Waals surface area contributed by atoms with E-state index in [0.29, 0.717) is 0 Å². The number of imidazole rings is 1. The topological polar surface area (TPSA) is 300 Å². The minimum atomic E-state index is -5.67. The molecule has 3 rings (SSSR count). The molecule has 0 radical (unpaired) electrons. The number of hydrogen-bond acceptors (Lipinski definition) is 14. The molecule has 0 aliphatic carbocycles. The van der Waals surface area contributed by atoms with Gasteiger partial charge in [0.05, 0.1) is 12.9 Å². The minimum Gasteiger partial charge on any atom is -0.387 e. The third kappa shape index (κ3) is 7.81. The van der Waals surface area contributed by atoms with Crippen molar-refractivity contribution in [1.82, 2.24) is 29.9 Å². The molecule has 9 N–H and O–H groups in total. The fraction of sp³-hybridized carbons (Fsp3) is 0.571. The number of amides is 1. The molecule has 2 aromatic rings. The number of ether oxygens (including phenoxy) is 1. The van der Waals surface area contributed by atoms with Crippen LogP contribution in [0.5, 0.6) is 0 Å². The number of carbonyl (C=O) groups is 1. The Morgan fingerprint density at radius 2 is 1.81 bits per heavy atom. The average molecular weight is 591 g/mol. The van der Waals surface area contributed by atoms with Gasteiger partial charge in [0.15, 0.2) is 17.7 Å². The van der Waals surface area contributed by atoms with Crippen LogP contribution < -0.4 is 16.1 Å². The van der Waals surface area contributed by atoms with Crippen LogP contribution in [-0.4, -0.2) is 88.3 Å². The number of aliphatic hydroxyl groups is 2. The van der Waals surface area contributed by atoms with Gasteiger partial charge in [0, 0.05) is 20.0 Å². The van der Waals surface area contributed by atoms with E-state index in [1.54, 1.807) is 0 Å². The fourth-order valence-electron chi connectivity index (χ4n) is 3.09. The van der Waals surface area contributed by atoms with Crippen molar-refractivity contribution in [3.8, 4) is 0 Å². The molecule has 208 valence electrons. The summed E-state index contributed by atoms with van der Waals surface area (Å²) in [4.78, 5) is 51.5. The summed E-state index contributed by atoms with van der Waals surface area (Å²) in [6.07, 6.45) is -3.69. The lowest BCUT2D eigenvalue weighted by atomic mass is 10.1. The summed E-state index contributed by atoms with van der Waals surface area (Å²) in [7, 11) is -16.2. The molecular formula is C14H24N7O13P3. The maximum absolute atomic E-state index is 12.1. The van der Waals surface area contributed by atoms with Crippen molar-refractivity contribution >= 4 is 46.3 Å². The molecule has 23 heteroatoms. The van der Waals surface area contributed by atoms with Crippen LogP contribution in [-0.2, 0) is 36.4 Å². The van der Waals surface area contributed by atoms with Gasteiger partial charge in [0.2, 0.25) is 5.91 Å². The first-order chi connectivity index (χ1) is 17.1. The maximum Gasteiger partial charge on any atom is 0.489 e. The van der Waals surface area contributed by atoms with Crippen LogP contribution in [0, 0.1) is 0 Å². The lowest BCUT2D eigenvalue weighted by Crippen LogP contribution is -2.33. The van der Waals surface area contributed by atoms with Crippen LogP contribution in [0.15, 0.2) is 12.7 Å². The van der Waals surface area contributed by atoms with E-state index in [2.05, 4.69) is 33.4 Å². The second-order valence-electron chi connectivity index (χ2n) is 7.44. The predicted molar refractivity (Wildman–Crippen MR) is 120 cm³/mol. The van der Waals surface area contributed by atoms with Crippen LogP contribution in [0.2, 0.25) is 0 Å². The molecule has 1 saturated heterocycles. The summed E-state index contributed by atoms with van der Waals surface area (Å²) in [6.45, 7) is -0.276. The molecule has 3 unspecified atom stereocenters. The highest BCUT2D eigenvalue weighted by Gasteiger charge is 2.47. The molecule has 1 fully saturated rings. The molecule has 0 spiro atoms. The number of fused-ring (bicyclic) bond motifs is 1. The molecular weight excluding hydrogens is 567 g/mol. The first-order valence-corrected chi connectivity index (χ1v) is 14.7. The lowest BCUT2D eigenvalue weighted by molar-refractivity contribution is -0.118. The number of aliphatic hydroxyl groups excluding tert-OH is 2. The van der Waals surface area contributed by atoms with Gasteiger partial charge in [-0.15, -0.1) is 0 Å². The number of aromatic nitrogens is 4. The Kier molecular flexibility index (Phi) is 9.19. The van der Waals surface area contributed by atoms with Crippen molar-refractivity contribution in [3.63, 3.8) is 0 Å². The Morgan fingerprint density at radius 3 is 2.49 bits per heavy atom. The van der Waals surface area contributed by atoms with Crippen LogP contribution in [0.3, 0.4) is 0 Å². The molecule has 1 aliphatic rings. The summed E-state index contributed by atoms with van der Waals surface area (Å²) in [5.74, 6) is -0.404. The van der Waals surface area contributed by atoms with Gasteiger partial charge in [0.1, 0.15) is 30.2 Å². The number of carbonyl (C=O) groups excluding carboxylic acids is 1. The Hall–Kier alpha value is -1.89. The molecule has 1 amide bonds. The third-order valence-corrected chi connectivity index (χ3v) is 9.09. The van der Waals surface area contributed by atoms with Crippen molar-refractivity contribution in [2.45, 2.75) is 31.5 Å². The van der Waals surface area contributed by atoms with Crippen molar-refractivity contribution in [2.75, 3.05) is 25.4 Å². The summed E-state index contributed by atoms with van der Waals surface area (Å²) in [5, 5.41) is 24.8. The number of phosphoric ester groups is 1. The predicted octanol–water partition coefficient (Wildman–Crippen LogP) is -1.90.